The molecule has 1 aliphatic rings. The number of halogens is 1. The van der Waals surface area contributed by atoms with E-state index in [0.29, 0.717) is 13.1 Å². The van der Waals surface area contributed by atoms with Gasteiger partial charge in [-0.2, -0.15) is 0 Å². The van der Waals surface area contributed by atoms with Gasteiger partial charge in [0.05, 0.1) is 19.3 Å². The molecular formula is C13H20ClN3O2. The first kappa shape index (κ1) is 15.6. The van der Waals surface area contributed by atoms with Gasteiger partial charge >= 0.3 is 0 Å². The molecule has 6 heteroatoms. The van der Waals surface area contributed by atoms with E-state index in [-0.39, 0.29) is 24.9 Å². The Morgan fingerprint density at radius 2 is 1.89 bits per heavy atom. The maximum Gasteiger partial charge on any atom is 0.236 e. The lowest BCUT2D eigenvalue weighted by Gasteiger charge is -2.36. The average Bonchev–Trinajstić information content (AvgIpc) is 2.46. The molecule has 0 spiro atoms. The zero-order valence-corrected chi connectivity index (χ0v) is 11.9. The van der Waals surface area contributed by atoms with Crippen molar-refractivity contribution in [1.29, 1.82) is 0 Å². The van der Waals surface area contributed by atoms with Gasteiger partial charge in [0.25, 0.3) is 0 Å². The third-order valence-electron chi connectivity index (χ3n) is 3.23. The lowest BCUT2D eigenvalue weighted by Crippen LogP contribution is -2.50. The highest BCUT2D eigenvalue weighted by Gasteiger charge is 2.21. The van der Waals surface area contributed by atoms with Gasteiger partial charge in [-0.15, -0.1) is 12.4 Å². The minimum absolute atomic E-state index is 0. The lowest BCUT2D eigenvalue weighted by atomic mass is 10.2. The fraction of sp³-hybridized carbons (Fsp3) is 0.462. The van der Waals surface area contributed by atoms with E-state index in [1.807, 2.05) is 29.2 Å². The number of rotatable bonds is 3. The summed E-state index contributed by atoms with van der Waals surface area (Å²) in [5, 5.41) is 0. The molecule has 0 aromatic heterocycles. The fourth-order valence-electron chi connectivity index (χ4n) is 2.22. The number of benzene rings is 1. The number of ether oxygens (including phenoxy) is 1. The molecule has 0 radical (unpaired) electrons. The predicted octanol–water partition coefficient (Wildman–Crippen LogP) is 0.724. The molecule has 0 atom stereocenters. The van der Waals surface area contributed by atoms with E-state index >= 15 is 0 Å². The summed E-state index contributed by atoms with van der Waals surface area (Å²) in [4.78, 5) is 15.5. The van der Waals surface area contributed by atoms with Crippen LogP contribution in [-0.4, -0.2) is 50.6 Å². The van der Waals surface area contributed by atoms with Crippen molar-refractivity contribution < 1.29 is 9.53 Å². The lowest BCUT2D eigenvalue weighted by molar-refractivity contribution is -0.129. The van der Waals surface area contributed by atoms with E-state index in [2.05, 4.69) is 4.90 Å². The number of hydrogen-bond donors (Lipinski definition) is 1. The van der Waals surface area contributed by atoms with Crippen molar-refractivity contribution in [3.05, 3.63) is 24.3 Å². The van der Waals surface area contributed by atoms with E-state index in [1.165, 1.54) is 0 Å². The van der Waals surface area contributed by atoms with Crippen molar-refractivity contribution in [2.75, 3.05) is 44.7 Å². The third kappa shape index (κ3) is 3.52. The molecule has 1 aromatic rings. The molecule has 0 unspecified atom stereocenters. The van der Waals surface area contributed by atoms with E-state index < -0.39 is 0 Å². The second-order valence-corrected chi connectivity index (χ2v) is 4.24. The molecule has 1 fully saturated rings. The van der Waals surface area contributed by atoms with Crippen LogP contribution in [0.25, 0.3) is 0 Å². The summed E-state index contributed by atoms with van der Waals surface area (Å²) in [5.74, 6) is 0.894. The summed E-state index contributed by atoms with van der Waals surface area (Å²) in [6.45, 7) is 3.15. The number of carbonyl (C=O) groups excluding carboxylic acids is 1. The number of methoxy groups -OCH3 is 1. The maximum atomic E-state index is 11.5. The third-order valence-corrected chi connectivity index (χ3v) is 3.23. The quantitative estimate of drug-likeness (QED) is 0.889. The van der Waals surface area contributed by atoms with Crippen LogP contribution in [0.5, 0.6) is 5.75 Å². The van der Waals surface area contributed by atoms with E-state index in [1.54, 1.807) is 7.11 Å². The molecule has 5 nitrogen and oxygen atoms in total. The number of piperazine rings is 1. The highest BCUT2D eigenvalue weighted by molar-refractivity contribution is 5.85. The first-order valence-electron chi connectivity index (χ1n) is 6.12. The molecule has 2 rings (SSSR count). The predicted molar refractivity (Wildman–Crippen MR) is 78.1 cm³/mol. The summed E-state index contributed by atoms with van der Waals surface area (Å²) >= 11 is 0. The van der Waals surface area contributed by atoms with Crippen LogP contribution in [0.15, 0.2) is 24.3 Å². The number of para-hydroxylation sites is 2. The van der Waals surface area contributed by atoms with Gasteiger partial charge in [-0.05, 0) is 12.1 Å². The fourth-order valence-corrected chi connectivity index (χ4v) is 2.22. The van der Waals surface area contributed by atoms with E-state index in [9.17, 15) is 4.79 Å². The Labute approximate surface area is 119 Å². The van der Waals surface area contributed by atoms with Crippen molar-refractivity contribution in [3.8, 4) is 5.75 Å². The van der Waals surface area contributed by atoms with Crippen LogP contribution in [0.3, 0.4) is 0 Å². The number of hydrogen-bond acceptors (Lipinski definition) is 4. The molecule has 1 aliphatic heterocycles. The second kappa shape index (κ2) is 7.21. The SMILES string of the molecule is COc1ccccc1N1CCN(C(=O)CN)CC1.Cl. The van der Waals surface area contributed by atoms with Gasteiger partial charge in [-0.1, -0.05) is 12.1 Å². The molecule has 19 heavy (non-hydrogen) atoms. The topological polar surface area (TPSA) is 58.8 Å². The van der Waals surface area contributed by atoms with Gasteiger partial charge in [-0.25, -0.2) is 0 Å². The van der Waals surface area contributed by atoms with Crippen molar-refractivity contribution >= 4 is 24.0 Å². The summed E-state index contributed by atoms with van der Waals surface area (Å²) in [6, 6.07) is 7.94. The van der Waals surface area contributed by atoms with Crippen molar-refractivity contribution in [3.63, 3.8) is 0 Å². The zero-order valence-electron chi connectivity index (χ0n) is 11.0. The molecule has 0 aliphatic carbocycles. The van der Waals surface area contributed by atoms with E-state index in [4.69, 9.17) is 10.5 Å². The summed E-state index contributed by atoms with van der Waals surface area (Å²) < 4.78 is 5.35. The standard InChI is InChI=1S/C13H19N3O2.ClH/c1-18-12-5-3-2-4-11(12)15-6-8-16(9-7-15)13(17)10-14;/h2-5H,6-10,14H2,1H3;1H. The van der Waals surface area contributed by atoms with Gasteiger partial charge in [-0.3, -0.25) is 4.79 Å². The molecule has 1 saturated heterocycles. The largest absolute Gasteiger partial charge is 0.495 e. The van der Waals surface area contributed by atoms with Crippen molar-refractivity contribution in [2.24, 2.45) is 5.73 Å². The molecule has 1 aromatic carbocycles. The van der Waals surface area contributed by atoms with Crippen LogP contribution in [-0.2, 0) is 4.79 Å². The Hall–Kier alpha value is -1.46. The van der Waals surface area contributed by atoms with Crippen molar-refractivity contribution in [2.45, 2.75) is 0 Å². The van der Waals surface area contributed by atoms with Crippen LogP contribution < -0.4 is 15.4 Å². The first-order chi connectivity index (χ1) is 8.76. The smallest absolute Gasteiger partial charge is 0.236 e. The average molecular weight is 286 g/mol. The molecule has 0 saturated carbocycles. The molecular weight excluding hydrogens is 266 g/mol. The summed E-state index contributed by atoms with van der Waals surface area (Å²) in [6.07, 6.45) is 0. The normalized spacial score (nSPS) is 14.8. The van der Waals surface area contributed by atoms with Gasteiger partial charge < -0.3 is 20.3 Å². The number of anilines is 1. The molecule has 106 valence electrons. The van der Waals surface area contributed by atoms with Crippen LogP contribution in [0.4, 0.5) is 5.69 Å². The first-order valence-corrected chi connectivity index (χ1v) is 6.12. The van der Waals surface area contributed by atoms with Crippen LogP contribution >= 0.6 is 12.4 Å². The minimum atomic E-state index is 0. The number of nitrogens with zero attached hydrogens (tertiary/aromatic N) is 2. The molecule has 2 N–H and O–H groups in total. The van der Waals surface area contributed by atoms with Gasteiger partial charge in [0.15, 0.2) is 0 Å². The van der Waals surface area contributed by atoms with Gasteiger partial charge in [0, 0.05) is 26.2 Å². The van der Waals surface area contributed by atoms with Crippen LogP contribution in [0, 0.1) is 0 Å². The van der Waals surface area contributed by atoms with Gasteiger partial charge in [0.2, 0.25) is 5.91 Å². The van der Waals surface area contributed by atoms with E-state index in [0.717, 1.165) is 24.5 Å². The Bertz CT molecular complexity index is 420. The molecule has 0 bridgehead atoms. The Morgan fingerprint density at radius 1 is 1.26 bits per heavy atom. The monoisotopic (exact) mass is 285 g/mol. The van der Waals surface area contributed by atoms with Crippen LogP contribution in [0.2, 0.25) is 0 Å². The van der Waals surface area contributed by atoms with Gasteiger partial charge in [0.1, 0.15) is 5.75 Å². The number of carbonyl (C=O) groups is 1. The minimum Gasteiger partial charge on any atom is -0.495 e. The van der Waals surface area contributed by atoms with Crippen LogP contribution in [0.1, 0.15) is 0 Å². The molecule has 1 amide bonds. The summed E-state index contributed by atoms with van der Waals surface area (Å²) in [7, 11) is 1.67. The summed E-state index contributed by atoms with van der Waals surface area (Å²) in [5.41, 5.74) is 6.45. The highest BCUT2D eigenvalue weighted by Crippen LogP contribution is 2.28. The molecule has 1 heterocycles. The Morgan fingerprint density at radius 3 is 2.47 bits per heavy atom. The zero-order chi connectivity index (χ0) is 13.0. The highest BCUT2D eigenvalue weighted by atomic mass is 35.5. The van der Waals surface area contributed by atoms with Crippen molar-refractivity contribution in [1.82, 2.24) is 4.90 Å². The Balaban J connectivity index is 0.00000180. The second-order valence-electron chi connectivity index (χ2n) is 4.24. The number of nitrogens with two attached hydrogens (primary N) is 1. The Kier molecular flexibility index (Phi) is 5.92. The number of amides is 1. The maximum absolute atomic E-state index is 11.5.